The molecule has 1 N–H and O–H groups in total. The van der Waals surface area contributed by atoms with E-state index in [4.69, 9.17) is 0 Å². The van der Waals surface area contributed by atoms with Crippen molar-refractivity contribution >= 4 is 11.5 Å². The van der Waals surface area contributed by atoms with Crippen molar-refractivity contribution in [1.29, 1.82) is 0 Å². The molecule has 0 unspecified atom stereocenters. The van der Waals surface area contributed by atoms with Gasteiger partial charge < -0.3 is 9.88 Å². The maximum atomic E-state index is 13.0. The molecule has 6 heteroatoms. The minimum atomic E-state index is -4.46. The molecule has 0 fully saturated rings. The molecule has 3 nitrogen and oxygen atoms in total. The van der Waals surface area contributed by atoms with E-state index in [1.54, 1.807) is 6.07 Å². The first-order valence-electron chi connectivity index (χ1n) is 7.74. The van der Waals surface area contributed by atoms with Crippen molar-refractivity contribution in [3.8, 4) is 0 Å². The zero-order valence-electron chi connectivity index (χ0n) is 14.2. The summed E-state index contributed by atoms with van der Waals surface area (Å²) in [6.45, 7) is 7.62. The lowest BCUT2D eigenvalue weighted by atomic mass is 10.1. The molecule has 0 saturated carbocycles. The first-order valence-corrected chi connectivity index (χ1v) is 7.74. The first kappa shape index (κ1) is 18.1. The van der Waals surface area contributed by atoms with Crippen LogP contribution in [0, 0.1) is 13.8 Å². The van der Waals surface area contributed by atoms with Crippen molar-refractivity contribution in [2.75, 3.05) is 11.9 Å². The van der Waals surface area contributed by atoms with Gasteiger partial charge in [0.05, 0.1) is 12.1 Å². The summed E-state index contributed by atoms with van der Waals surface area (Å²) in [6, 6.07) is 7.16. The number of nitrogens with zero attached hydrogens (tertiary/aromatic N) is 1. The standard InChI is InChI=1S/C18H21F3N2O/c1-11(2)23-12(3)9-14(13(23)4)17(24)10-22-16-8-6-5-7-15(16)18(19,20)21/h5-9,11,22H,10H2,1-4H3. The van der Waals surface area contributed by atoms with Gasteiger partial charge >= 0.3 is 6.18 Å². The number of hydrogen-bond acceptors (Lipinski definition) is 2. The second-order valence-corrected chi connectivity index (χ2v) is 6.07. The normalized spacial score (nSPS) is 11.8. The van der Waals surface area contributed by atoms with Crippen LogP contribution < -0.4 is 5.32 Å². The van der Waals surface area contributed by atoms with E-state index in [2.05, 4.69) is 5.32 Å². The number of hydrogen-bond donors (Lipinski definition) is 1. The molecule has 1 aromatic heterocycles. The average molecular weight is 338 g/mol. The molecular formula is C18H21F3N2O. The molecule has 0 aliphatic rings. The van der Waals surface area contributed by atoms with E-state index >= 15 is 0 Å². The maximum absolute atomic E-state index is 13.0. The molecule has 24 heavy (non-hydrogen) atoms. The molecular weight excluding hydrogens is 317 g/mol. The van der Waals surface area contributed by atoms with Gasteiger partial charge in [-0.05, 0) is 45.9 Å². The van der Waals surface area contributed by atoms with Crippen LogP contribution in [0.3, 0.4) is 0 Å². The highest BCUT2D eigenvalue weighted by Gasteiger charge is 2.33. The third-order valence-electron chi connectivity index (χ3n) is 3.97. The fourth-order valence-corrected chi connectivity index (χ4v) is 3.01. The van der Waals surface area contributed by atoms with E-state index < -0.39 is 11.7 Å². The Bertz CT molecular complexity index is 745. The molecule has 0 aliphatic heterocycles. The molecule has 0 saturated heterocycles. The lowest BCUT2D eigenvalue weighted by Crippen LogP contribution is -2.18. The number of carbonyl (C=O) groups is 1. The smallest absolute Gasteiger partial charge is 0.377 e. The molecule has 0 spiro atoms. The molecule has 0 radical (unpaired) electrons. The predicted molar refractivity (Wildman–Crippen MR) is 88.6 cm³/mol. The number of benzene rings is 1. The number of aromatic nitrogens is 1. The van der Waals surface area contributed by atoms with Crippen LogP contribution in [0.15, 0.2) is 30.3 Å². The van der Waals surface area contributed by atoms with Crippen molar-refractivity contribution in [2.24, 2.45) is 0 Å². The number of alkyl halides is 3. The molecule has 0 bridgehead atoms. The molecule has 1 aromatic carbocycles. The van der Waals surface area contributed by atoms with Crippen LogP contribution in [0.4, 0.5) is 18.9 Å². The summed E-state index contributed by atoms with van der Waals surface area (Å²) < 4.78 is 41.0. The van der Waals surface area contributed by atoms with Gasteiger partial charge in [0.15, 0.2) is 5.78 Å². The number of rotatable bonds is 5. The third-order valence-corrected chi connectivity index (χ3v) is 3.97. The third kappa shape index (κ3) is 3.63. The van der Waals surface area contributed by atoms with Crippen molar-refractivity contribution in [1.82, 2.24) is 4.57 Å². The molecule has 0 amide bonds. The van der Waals surface area contributed by atoms with Gasteiger partial charge in [0.1, 0.15) is 0 Å². The van der Waals surface area contributed by atoms with Gasteiger partial charge in [-0.15, -0.1) is 0 Å². The van der Waals surface area contributed by atoms with Crippen molar-refractivity contribution in [3.05, 3.63) is 52.8 Å². The molecule has 0 atom stereocenters. The zero-order valence-corrected chi connectivity index (χ0v) is 14.2. The number of Topliss-reactive ketones (excluding diaryl/α,β-unsaturated/α-hetero) is 1. The first-order chi connectivity index (χ1) is 11.1. The Hall–Kier alpha value is -2.24. The number of ketones is 1. The summed E-state index contributed by atoms with van der Waals surface area (Å²) in [6.07, 6.45) is -4.46. The Kier molecular flexibility index (Phi) is 5.06. The second-order valence-electron chi connectivity index (χ2n) is 6.07. The summed E-state index contributed by atoms with van der Waals surface area (Å²) >= 11 is 0. The summed E-state index contributed by atoms with van der Waals surface area (Å²) in [7, 11) is 0. The monoisotopic (exact) mass is 338 g/mol. The van der Waals surface area contributed by atoms with Gasteiger partial charge in [-0.3, -0.25) is 4.79 Å². The highest BCUT2D eigenvalue weighted by atomic mass is 19.4. The van der Waals surface area contributed by atoms with E-state index in [-0.39, 0.29) is 24.1 Å². The van der Waals surface area contributed by atoms with Crippen LogP contribution in [0.1, 0.15) is 47.2 Å². The lowest BCUT2D eigenvalue weighted by Gasteiger charge is -2.15. The van der Waals surface area contributed by atoms with Gasteiger partial charge in [0, 0.05) is 28.7 Å². The van der Waals surface area contributed by atoms with Crippen molar-refractivity contribution < 1.29 is 18.0 Å². The van der Waals surface area contributed by atoms with Crippen LogP contribution in [-0.2, 0) is 6.18 Å². The fraction of sp³-hybridized carbons (Fsp3) is 0.389. The Balaban J connectivity index is 2.20. The van der Waals surface area contributed by atoms with Crippen LogP contribution in [-0.4, -0.2) is 16.9 Å². The number of carbonyl (C=O) groups excluding carboxylic acids is 1. The number of anilines is 1. The minimum Gasteiger partial charge on any atom is -0.377 e. The van der Waals surface area contributed by atoms with E-state index in [0.29, 0.717) is 5.56 Å². The fourth-order valence-electron chi connectivity index (χ4n) is 3.01. The Morgan fingerprint density at radius 2 is 1.83 bits per heavy atom. The van der Waals surface area contributed by atoms with Gasteiger partial charge in [0.25, 0.3) is 0 Å². The van der Waals surface area contributed by atoms with Crippen LogP contribution in [0.25, 0.3) is 0 Å². The summed E-state index contributed by atoms with van der Waals surface area (Å²) in [5, 5.41) is 2.62. The van der Waals surface area contributed by atoms with Gasteiger partial charge in [0.2, 0.25) is 0 Å². The highest BCUT2D eigenvalue weighted by molar-refractivity contribution is 6.00. The largest absolute Gasteiger partial charge is 0.418 e. The molecule has 0 aliphatic carbocycles. The molecule has 1 heterocycles. The zero-order chi connectivity index (χ0) is 18.1. The summed E-state index contributed by atoms with van der Waals surface area (Å²) in [5.74, 6) is -0.230. The average Bonchev–Trinajstić information content (AvgIpc) is 2.79. The molecule has 2 rings (SSSR count). The predicted octanol–water partition coefficient (Wildman–Crippen LogP) is 5.00. The van der Waals surface area contributed by atoms with Crippen LogP contribution >= 0.6 is 0 Å². The number of nitrogens with one attached hydrogen (secondary N) is 1. The minimum absolute atomic E-state index is 0.0870. The maximum Gasteiger partial charge on any atom is 0.418 e. The second kappa shape index (κ2) is 6.71. The van der Waals surface area contributed by atoms with Crippen LogP contribution in [0.2, 0.25) is 0 Å². The van der Waals surface area contributed by atoms with Gasteiger partial charge in [-0.25, -0.2) is 0 Å². The van der Waals surface area contributed by atoms with Crippen molar-refractivity contribution in [2.45, 2.75) is 39.9 Å². The van der Waals surface area contributed by atoms with Crippen LogP contribution in [0.5, 0.6) is 0 Å². The topological polar surface area (TPSA) is 34.0 Å². The number of para-hydroxylation sites is 1. The Morgan fingerprint density at radius 3 is 2.38 bits per heavy atom. The molecule has 130 valence electrons. The Morgan fingerprint density at radius 1 is 1.21 bits per heavy atom. The number of halogens is 3. The summed E-state index contributed by atoms with van der Waals surface area (Å²) in [4.78, 5) is 12.4. The van der Waals surface area contributed by atoms with E-state index in [9.17, 15) is 18.0 Å². The number of aryl methyl sites for hydroxylation is 1. The SMILES string of the molecule is Cc1cc(C(=O)CNc2ccccc2C(F)(F)F)c(C)n1C(C)C. The van der Waals surface area contributed by atoms with E-state index in [0.717, 1.165) is 17.5 Å². The quantitative estimate of drug-likeness (QED) is 0.779. The van der Waals surface area contributed by atoms with E-state index in [1.807, 2.05) is 32.3 Å². The Labute approximate surface area is 139 Å². The summed E-state index contributed by atoms with van der Waals surface area (Å²) in [5.41, 5.74) is 1.47. The highest BCUT2D eigenvalue weighted by Crippen LogP contribution is 2.34. The van der Waals surface area contributed by atoms with E-state index in [1.165, 1.54) is 18.2 Å². The van der Waals surface area contributed by atoms with Crippen molar-refractivity contribution in [3.63, 3.8) is 0 Å². The molecule has 2 aromatic rings. The lowest BCUT2D eigenvalue weighted by molar-refractivity contribution is -0.136. The van der Waals surface area contributed by atoms with Gasteiger partial charge in [-0.1, -0.05) is 12.1 Å². The van der Waals surface area contributed by atoms with Gasteiger partial charge in [-0.2, -0.15) is 13.2 Å².